The van der Waals surface area contributed by atoms with Gasteiger partial charge in [0.05, 0.1) is 0 Å². The van der Waals surface area contributed by atoms with Crippen LogP contribution < -0.4 is 4.68 Å². The first-order valence-corrected chi connectivity index (χ1v) is 10.7. The highest BCUT2D eigenvalue weighted by Crippen LogP contribution is 2.20. The smallest absolute Gasteiger partial charge is 0.485 e. The third-order valence-corrected chi connectivity index (χ3v) is 3.78. The first-order chi connectivity index (χ1) is 7.83. The number of nitrogens with zero attached hydrogens (tertiary/aromatic N) is 2. The molecule has 106 valence electrons. The van der Waals surface area contributed by atoms with E-state index in [1.165, 1.54) is 0 Å². The summed E-state index contributed by atoms with van der Waals surface area (Å²) in [5, 5.41) is 4.17. The quantitative estimate of drug-likeness (QED) is 0.357. The minimum absolute atomic E-state index is 0.955. The van der Waals surface area contributed by atoms with E-state index in [2.05, 4.69) is 30.3 Å². The summed E-state index contributed by atoms with van der Waals surface area (Å²) in [6.07, 6.45) is 1.14. The van der Waals surface area contributed by atoms with Crippen LogP contribution in [0.4, 0.5) is 13.2 Å². The Bertz CT molecular complexity index is 453. The topological polar surface area (TPSA) is 74.0 Å². The number of halogens is 3. The highest BCUT2D eigenvalue weighted by Gasteiger charge is 2.36. The minimum Gasteiger partial charge on any atom is -0.741 e. The molecule has 11 heteroatoms. The number of hydrogen-bond acceptors (Lipinski definition) is 5. The summed E-state index contributed by atoms with van der Waals surface area (Å²) in [4.78, 5) is 0. The Labute approximate surface area is 108 Å². The summed E-state index contributed by atoms with van der Waals surface area (Å²) >= 11 is 1.65. The highest BCUT2D eigenvalue weighted by molar-refractivity contribution is 7.86. The van der Waals surface area contributed by atoms with E-state index in [0.717, 1.165) is 6.17 Å². The van der Waals surface area contributed by atoms with Gasteiger partial charge in [-0.2, -0.15) is 13.2 Å². The number of hydrogen-bond donors (Lipinski definition) is 0. The second-order valence-electron chi connectivity index (χ2n) is 4.52. The van der Waals surface area contributed by atoms with Gasteiger partial charge in [-0.15, -0.1) is 0 Å². The predicted molar refractivity (Wildman–Crippen MR) is 61.4 cm³/mol. The lowest BCUT2D eigenvalue weighted by molar-refractivity contribution is -0.734. The van der Waals surface area contributed by atoms with Crippen molar-refractivity contribution in [1.29, 1.82) is 0 Å². The van der Waals surface area contributed by atoms with Crippen molar-refractivity contribution in [3.8, 4) is 0 Å². The van der Waals surface area contributed by atoms with Crippen LogP contribution in [0, 0.1) is 0 Å². The maximum absolute atomic E-state index is 10.7. The molecule has 0 saturated heterocycles. The zero-order valence-corrected chi connectivity index (χ0v) is 12.6. The molecule has 0 bridgehead atoms. The van der Waals surface area contributed by atoms with E-state index in [1.807, 2.05) is 10.2 Å². The van der Waals surface area contributed by atoms with Crippen LogP contribution in [-0.2, 0) is 16.3 Å². The van der Waals surface area contributed by atoms with Crippen molar-refractivity contribution in [3.63, 3.8) is 0 Å². The monoisotopic (exact) mass is 322 g/mol. The fourth-order valence-electron chi connectivity index (χ4n) is 0.777. The average molecular weight is 322 g/mol. The van der Waals surface area contributed by atoms with Crippen molar-refractivity contribution in [2.75, 3.05) is 0 Å². The molecule has 0 radical (unpaired) electrons. The highest BCUT2D eigenvalue weighted by atomic mass is 32.2. The maximum atomic E-state index is 10.7. The predicted octanol–water partition coefficient (Wildman–Crippen LogP) is 1.36. The van der Waals surface area contributed by atoms with Crippen molar-refractivity contribution in [1.82, 2.24) is 5.10 Å². The Kier molecular flexibility index (Phi) is 5.90. The standard InChI is InChI=1S/C6H13N2SSi.CHF3O3S/c1-10(2,3)6-8-5-9-4-7-8;2-1(3,4)8(5,6)7/h4-5H,6H2,1-3H3;(H,5,6,7)/q+1;/p-1. The van der Waals surface area contributed by atoms with Gasteiger partial charge >= 0.3 is 5.51 Å². The van der Waals surface area contributed by atoms with Crippen molar-refractivity contribution in [2.45, 2.75) is 31.3 Å². The Morgan fingerprint density at radius 3 is 2.06 bits per heavy atom. The van der Waals surface area contributed by atoms with Gasteiger partial charge in [-0.05, 0) is 0 Å². The van der Waals surface area contributed by atoms with E-state index in [4.69, 9.17) is 13.0 Å². The number of alkyl halides is 3. The molecule has 0 aliphatic heterocycles. The van der Waals surface area contributed by atoms with Crippen LogP contribution in [0.15, 0.2) is 11.0 Å². The summed E-state index contributed by atoms with van der Waals surface area (Å²) in [5.74, 6) is 0. The van der Waals surface area contributed by atoms with Gasteiger partial charge in [0.25, 0.3) is 5.51 Å². The van der Waals surface area contributed by atoms with E-state index in [1.54, 1.807) is 11.3 Å². The molecule has 5 nitrogen and oxygen atoms in total. The fraction of sp³-hybridized carbons (Fsp3) is 0.714. The molecule has 0 atom stereocenters. The van der Waals surface area contributed by atoms with Crippen molar-refractivity contribution in [3.05, 3.63) is 11.0 Å². The lowest BCUT2D eigenvalue weighted by Crippen LogP contribution is -2.46. The van der Waals surface area contributed by atoms with Gasteiger partial charge in [0.15, 0.2) is 21.8 Å². The SMILES string of the molecule is C[Si](C)(C)C[n+]1cscn1.O=S(=O)([O-])C(F)(F)F. The average Bonchev–Trinajstić information content (AvgIpc) is 2.50. The Balaban J connectivity index is 0.000000331. The Morgan fingerprint density at radius 1 is 1.39 bits per heavy atom. The summed E-state index contributed by atoms with van der Waals surface area (Å²) in [6.45, 7) is 7.04. The van der Waals surface area contributed by atoms with E-state index in [9.17, 15) is 13.2 Å². The lowest BCUT2D eigenvalue weighted by atomic mass is 11.3. The van der Waals surface area contributed by atoms with Gasteiger partial charge in [0.2, 0.25) is 0 Å². The molecule has 1 aromatic rings. The maximum Gasteiger partial charge on any atom is 0.485 e. The van der Waals surface area contributed by atoms with Crippen molar-refractivity contribution >= 4 is 29.5 Å². The second kappa shape index (κ2) is 6.08. The Hall–Kier alpha value is -0.523. The van der Waals surface area contributed by atoms with Crippen LogP contribution in [0.3, 0.4) is 0 Å². The third-order valence-electron chi connectivity index (χ3n) is 1.36. The molecule has 0 saturated carbocycles. The van der Waals surface area contributed by atoms with Gasteiger partial charge in [0.1, 0.15) is 8.07 Å². The molecule has 18 heavy (non-hydrogen) atoms. The molecule has 0 spiro atoms. The van der Waals surface area contributed by atoms with Gasteiger partial charge in [-0.1, -0.05) is 35.7 Å². The lowest BCUT2D eigenvalue weighted by Gasteiger charge is -2.08. The normalized spacial score (nSPS) is 12.8. The molecule has 0 N–H and O–H groups in total. The van der Waals surface area contributed by atoms with Crippen LogP contribution in [0.2, 0.25) is 19.6 Å². The summed E-state index contributed by atoms with van der Waals surface area (Å²) < 4.78 is 60.9. The van der Waals surface area contributed by atoms with Crippen LogP contribution in [0.25, 0.3) is 0 Å². The zero-order valence-electron chi connectivity index (χ0n) is 9.93. The molecule has 0 aromatic carbocycles. The van der Waals surface area contributed by atoms with E-state index >= 15 is 0 Å². The molecule has 0 unspecified atom stereocenters. The van der Waals surface area contributed by atoms with Crippen molar-refractivity contribution < 1.29 is 30.8 Å². The third kappa shape index (κ3) is 7.74. The number of aromatic nitrogens is 2. The van der Waals surface area contributed by atoms with Crippen LogP contribution in [0.1, 0.15) is 0 Å². The van der Waals surface area contributed by atoms with E-state index in [-0.39, 0.29) is 0 Å². The van der Waals surface area contributed by atoms with Crippen LogP contribution in [0.5, 0.6) is 0 Å². The molecule has 1 aromatic heterocycles. The summed E-state index contributed by atoms with van der Waals surface area (Å²) in [7, 11) is -7.04. The van der Waals surface area contributed by atoms with Crippen molar-refractivity contribution in [2.24, 2.45) is 0 Å². The molecule has 0 amide bonds. The Morgan fingerprint density at radius 2 is 1.83 bits per heavy atom. The van der Waals surface area contributed by atoms with E-state index < -0.39 is 23.7 Å². The minimum atomic E-state index is -6.09. The fourth-order valence-corrected chi connectivity index (χ4v) is 2.55. The summed E-state index contributed by atoms with van der Waals surface area (Å²) in [5.41, 5.74) is -1.70. The largest absolute Gasteiger partial charge is 0.741 e. The second-order valence-corrected chi connectivity index (χ2v) is 12.0. The first kappa shape index (κ1) is 17.5. The zero-order chi connectivity index (χ0) is 14.6. The first-order valence-electron chi connectivity index (χ1n) is 4.63. The molecule has 0 aliphatic carbocycles. The number of rotatable bonds is 2. The van der Waals surface area contributed by atoms with Gasteiger partial charge < -0.3 is 4.55 Å². The van der Waals surface area contributed by atoms with Crippen LogP contribution in [-0.4, -0.2) is 31.7 Å². The summed E-state index contributed by atoms with van der Waals surface area (Å²) in [6, 6.07) is 0. The van der Waals surface area contributed by atoms with Gasteiger partial charge in [0, 0.05) is 5.10 Å². The molecular formula is C7H13F3N2O3S2Si. The molecule has 1 heterocycles. The van der Waals surface area contributed by atoms with Crippen LogP contribution >= 0.6 is 11.3 Å². The van der Waals surface area contributed by atoms with Gasteiger partial charge in [-0.25, -0.2) is 8.42 Å². The van der Waals surface area contributed by atoms with E-state index in [0.29, 0.717) is 0 Å². The van der Waals surface area contributed by atoms with Gasteiger partial charge in [-0.3, -0.25) is 0 Å². The molecule has 1 rings (SSSR count). The molecule has 0 aliphatic rings. The molecular weight excluding hydrogens is 309 g/mol. The molecule has 0 fully saturated rings.